The van der Waals surface area contributed by atoms with Crippen LogP contribution in [0.1, 0.15) is 27.2 Å². The van der Waals surface area contributed by atoms with E-state index in [2.05, 4.69) is 13.5 Å². The average molecular weight is 258 g/mol. The predicted molar refractivity (Wildman–Crippen MR) is 74.1 cm³/mol. The number of carbonyl (C=O) groups is 1. The largest absolute Gasteiger partial charge is 0.463 e. The van der Waals surface area contributed by atoms with Crippen LogP contribution in [0.25, 0.3) is 0 Å². The Morgan fingerprint density at radius 2 is 1.82 bits per heavy atom. The van der Waals surface area contributed by atoms with Gasteiger partial charge in [0.1, 0.15) is 0 Å². The second kappa shape index (κ2) is 10.5. The molecule has 0 aromatic carbocycles. The van der Waals surface area contributed by atoms with E-state index in [4.69, 9.17) is 9.47 Å². The minimum absolute atomic E-state index is 0.265. The zero-order valence-corrected chi connectivity index (χ0v) is 12.6. The van der Waals surface area contributed by atoms with E-state index in [0.717, 1.165) is 19.3 Å². The number of hydrogen-bond acceptors (Lipinski definition) is 3. The molecule has 0 aromatic rings. The van der Waals surface area contributed by atoms with Crippen LogP contribution in [-0.2, 0) is 14.3 Å². The molecule has 3 nitrogen and oxygen atoms in total. The Balaban J connectivity index is 3.75. The number of ether oxygens (including phenoxy) is 2. The molecule has 0 spiro atoms. The second-order valence-corrected chi connectivity index (χ2v) is 7.81. The molecule has 17 heavy (non-hydrogen) atoms. The van der Waals surface area contributed by atoms with E-state index >= 15 is 0 Å². The van der Waals surface area contributed by atoms with Crippen molar-refractivity contribution in [1.29, 1.82) is 0 Å². The zero-order valence-electron chi connectivity index (χ0n) is 11.5. The number of esters is 1. The summed E-state index contributed by atoms with van der Waals surface area (Å²) in [4.78, 5) is 11.2. The molecule has 0 radical (unpaired) electrons. The molecule has 0 amide bonds. The summed E-state index contributed by atoms with van der Waals surface area (Å²) >= 11 is 0. The number of rotatable bonds is 10. The van der Waals surface area contributed by atoms with Crippen LogP contribution in [0.15, 0.2) is 12.2 Å². The standard InChI is InChI=1S/C13H26O3Si/c1-5-9-17(10-7-15-6-2)11-8-16-13(14)12(3)4/h17H,3,5-11H2,1-2,4H3. The van der Waals surface area contributed by atoms with Crippen molar-refractivity contribution in [2.24, 2.45) is 0 Å². The molecule has 0 N–H and O–H groups in total. The van der Waals surface area contributed by atoms with Crippen LogP contribution < -0.4 is 0 Å². The van der Waals surface area contributed by atoms with Gasteiger partial charge in [-0.2, -0.15) is 0 Å². The lowest BCUT2D eigenvalue weighted by Crippen LogP contribution is -2.18. The van der Waals surface area contributed by atoms with Crippen molar-refractivity contribution in [3.05, 3.63) is 12.2 Å². The first-order valence-electron chi connectivity index (χ1n) is 6.52. The molecule has 1 atom stereocenters. The number of hydrogen-bond donors (Lipinski definition) is 0. The maximum absolute atomic E-state index is 11.2. The topological polar surface area (TPSA) is 35.5 Å². The van der Waals surface area contributed by atoms with E-state index in [1.807, 2.05) is 6.92 Å². The van der Waals surface area contributed by atoms with Gasteiger partial charge in [-0.05, 0) is 25.9 Å². The summed E-state index contributed by atoms with van der Waals surface area (Å²) in [5, 5.41) is 0. The van der Waals surface area contributed by atoms with E-state index < -0.39 is 8.80 Å². The van der Waals surface area contributed by atoms with Gasteiger partial charge in [0.05, 0.1) is 6.61 Å². The van der Waals surface area contributed by atoms with Crippen LogP contribution >= 0.6 is 0 Å². The van der Waals surface area contributed by atoms with Crippen LogP contribution in [-0.4, -0.2) is 34.6 Å². The third-order valence-corrected chi connectivity index (χ3v) is 6.18. The highest BCUT2D eigenvalue weighted by Crippen LogP contribution is 2.09. The quantitative estimate of drug-likeness (QED) is 0.262. The Bertz CT molecular complexity index is 229. The normalized spacial score (nSPS) is 12.2. The van der Waals surface area contributed by atoms with Crippen molar-refractivity contribution < 1.29 is 14.3 Å². The lowest BCUT2D eigenvalue weighted by molar-refractivity contribution is -0.138. The molecule has 0 aliphatic carbocycles. The predicted octanol–water partition coefficient (Wildman–Crippen LogP) is 2.78. The molecule has 0 saturated carbocycles. The minimum atomic E-state index is -0.788. The lowest BCUT2D eigenvalue weighted by Gasteiger charge is -2.14. The van der Waals surface area contributed by atoms with Gasteiger partial charge >= 0.3 is 5.97 Å². The maximum atomic E-state index is 11.2. The van der Waals surface area contributed by atoms with Gasteiger partial charge in [0.2, 0.25) is 0 Å². The van der Waals surface area contributed by atoms with Crippen LogP contribution in [0.3, 0.4) is 0 Å². The first-order valence-corrected chi connectivity index (χ1v) is 8.97. The van der Waals surface area contributed by atoms with Gasteiger partial charge in [-0.15, -0.1) is 0 Å². The van der Waals surface area contributed by atoms with Crippen molar-refractivity contribution in [3.8, 4) is 0 Å². The molecule has 4 heteroatoms. The summed E-state index contributed by atoms with van der Waals surface area (Å²) in [6.07, 6.45) is 1.22. The van der Waals surface area contributed by atoms with Crippen molar-refractivity contribution in [3.63, 3.8) is 0 Å². The van der Waals surface area contributed by atoms with E-state index in [-0.39, 0.29) is 5.97 Å². The third-order valence-electron chi connectivity index (χ3n) is 2.68. The Morgan fingerprint density at radius 3 is 2.35 bits per heavy atom. The van der Waals surface area contributed by atoms with Crippen molar-refractivity contribution in [2.45, 2.75) is 45.3 Å². The van der Waals surface area contributed by atoms with Gasteiger partial charge in [0.25, 0.3) is 0 Å². The first-order chi connectivity index (χ1) is 8.11. The van der Waals surface area contributed by atoms with Gasteiger partial charge in [-0.3, -0.25) is 0 Å². The summed E-state index contributed by atoms with van der Waals surface area (Å²) < 4.78 is 10.5. The summed E-state index contributed by atoms with van der Waals surface area (Å²) in [7, 11) is -0.788. The molecule has 0 aromatic heterocycles. The van der Waals surface area contributed by atoms with Crippen molar-refractivity contribution in [2.75, 3.05) is 19.8 Å². The molecule has 0 bridgehead atoms. The van der Waals surface area contributed by atoms with E-state index in [0.29, 0.717) is 12.2 Å². The molecule has 0 heterocycles. The first kappa shape index (κ1) is 16.4. The molecule has 1 unspecified atom stereocenters. The summed E-state index contributed by atoms with van der Waals surface area (Å²) in [5.41, 5.74) is 0.480. The van der Waals surface area contributed by atoms with Gasteiger partial charge in [-0.1, -0.05) is 26.0 Å². The van der Waals surface area contributed by atoms with Crippen molar-refractivity contribution >= 4 is 14.8 Å². The van der Waals surface area contributed by atoms with E-state index in [1.165, 1.54) is 18.5 Å². The summed E-state index contributed by atoms with van der Waals surface area (Å²) in [5.74, 6) is -0.265. The fraction of sp³-hybridized carbons (Fsp3) is 0.769. The summed E-state index contributed by atoms with van der Waals surface area (Å²) in [6, 6.07) is 3.55. The molecular weight excluding hydrogens is 232 g/mol. The van der Waals surface area contributed by atoms with Crippen LogP contribution in [0.5, 0.6) is 0 Å². The van der Waals surface area contributed by atoms with Gasteiger partial charge in [0.15, 0.2) is 0 Å². The lowest BCUT2D eigenvalue weighted by atomic mass is 10.4. The third kappa shape index (κ3) is 9.12. The molecule has 0 aliphatic rings. The second-order valence-electron chi connectivity index (χ2n) is 4.35. The van der Waals surface area contributed by atoms with Crippen LogP contribution in [0.4, 0.5) is 0 Å². The molecule has 0 rings (SSSR count). The number of carbonyl (C=O) groups excluding carboxylic acids is 1. The van der Waals surface area contributed by atoms with Gasteiger partial charge in [-0.25, -0.2) is 4.79 Å². The molecular formula is C13H26O3Si. The van der Waals surface area contributed by atoms with Crippen LogP contribution in [0, 0.1) is 0 Å². The average Bonchev–Trinajstić information content (AvgIpc) is 2.29. The van der Waals surface area contributed by atoms with Gasteiger partial charge in [0, 0.05) is 27.6 Å². The maximum Gasteiger partial charge on any atom is 0.333 e. The Kier molecular flexibility index (Phi) is 10.2. The Labute approximate surface area is 107 Å². The molecule has 100 valence electrons. The highest BCUT2D eigenvalue weighted by molar-refractivity contribution is 6.58. The minimum Gasteiger partial charge on any atom is -0.463 e. The highest BCUT2D eigenvalue weighted by Gasteiger charge is 2.11. The summed E-state index contributed by atoms with van der Waals surface area (Å²) in [6.45, 7) is 11.7. The smallest absolute Gasteiger partial charge is 0.333 e. The SMILES string of the molecule is C=C(C)C(=O)OCC[SiH](CCC)CCOCC. The van der Waals surface area contributed by atoms with Gasteiger partial charge < -0.3 is 9.47 Å². The van der Waals surface area contributed by atoms with E-state index in [1.54, 1.807) is 6.92 Å². The fourth-order valence-electron chi connectivity index (χ4n) is 1.68. The van der Waals surface area contributed by atoms with E-state index in [9.17, 15) is 4.79 Å². The van der Waals surface area contributed by atoms with Crippen molar-refractivity contribution in [1.82, 2.24) is 0 Å². The molecule has 0 fully saturated rings. The Hall–Kier alpha value is -0.613. The zero-order chi connectivity index (χ0) is 13.1. The molecule has 0 saturated heterocycles. The Morgan fingerprint density at radius 1 is 1.18 bits per heavy atom. The monoisotopic (exact) mass is 258 g/mol. The fourth-order valence-corrected chi connectivity index (χ4v) is 4.31. The van der Waals surface area contributed by atoms with Crippen LogP contribution in [0.2, 0.25) is 18.1 Å². The molecule has 0 aliphatic heterocycles. The highest BCUT2D eigenvalue weighted by atomic mass is 28.3.